The molecule has 0 amide bonds. The lowest BCUT2D eigenvalue weighted by Gasteiger charge is -2.05. The van der Waals surface area contributed by atoms with E-state index in [4.69, 9.17) is 5.73 Å². The van der Waals surface area contributed by atoms with Gasteiger partial charge in [-0.25, -0.2) is 9.97 Å². The van der Waals surface area contributed by atoms with E-state index in [1.54, 1.807) is 20.4 Å². The summed E-state index contributed by atoms with van der Waals surface area (Å²) < 4.78 is 4.25. The largest absolute Gasteiger partial charge is 0.404 e. The number of carbonyl (C=O) groups excluding carboxylic acids is 1. The first-order valence-corrected chi connectivity index (χ1v) is 5.21. The molecule has 0 atom stereocenters. The van der Waals surface area contributed by atoms with Gasteiger partial charge in [-0.3, -0.25) is 4.79 Å². The standard InChI is InChI=1S/C10H13N3O.C2H6O/c1-7(2)9-3-4-12-10(13-9)8(5-11)6-14;1-3-2/h3-7H,11H2,1-2H3;1-2H3/b8-5-;. The molecular formula is C12H19N3O2. The Kier molecular flexibility index (Phi) is 7.54. The van der Waals surface area contributed by atoms with Crippen molar-refractivity contribution in [3.8, 4) is 0 Å². The van der Waals surface area contributed by atoms with Crippen LogP contribution in [0.1, 0.15) is 31.3 Å². The van der Waals surface area contributed by atoms with Crippen LogP contribution < -0.4 is 5.73 Å². The Balaban J connectivity index is 0.000000770. The number of hydrogen-bond acceptors (Lipinski definition) is 5. The molecule has 0 radical (unpaired) electrons. The van der Waals surface area contributed by atoms with Gasteiger partial charge in [0.05, 0.1) is 5.57 Å². The minimum Gasteiger partial charge on any atom is -0.404 e. The van der Waals surface area contributed by atoms with Gasteiger partial charge in [-0.15, -0.1) is 0 Å². The number of carbonyl (C=O) groups is 1. The van der Waals surface area contributed by atoms with E-state index in [0.717, 1.165) is 5.69 Å². The zero-order valence-corrected chi connectivity index (χ0v) is 10.7. The fraction of sp³-hybridized carbons (Fsp3) is 0.417. The van der Waals surface area contributed by atoms with Crippen molar-refractivity contribution < 1.29 is 9.53 Å². The lowest BCUT2D eigenvalue weighted by molar-refractivity contribution is -0.103. The molecule has 0 saturated heterocycles. The number of ether oxygens (including phenoxy) is 1. The zero-order chi connectivity index (χ0) is 13.3. The normalized spacial score (nSPS) is 10.8. The predicted molar refractivity (Wildman–Crippen MR) is 67.3 cm³/mol. The summed E-state index contributed by atoms with van der Waals surface area (Å²) in [5.74, 6) is 0.691. The Bertz CT molecular complexity index is 376. The minimum atomic E-state index is 0.308. The first-order chi connectivity index (χ1) is 8.10. The molecule has 1 rings (SSSR count). The zero-order valence-electron chi connectivity index (χ0n) is 10.7. The molecule has 1 heterocycles. The maximum atomic E-state index is 10.6. The van der Waals surface area contributed by atoms with E-state index in [-0.39, 0.29) is 0 Å². The summed E-state index contributed by atoms with van der Waals surface area (Å²) in [6, 6.07) is 1.83. The molecule has 0 aliphatic heterocycles. The summed E-state index contributed by atoms with van der Waals surface area (Å²) >= 11 is 0. The van der Waals surface area contributed by atoms with Crippen LogP contribution in [0.5, 0.6) is 0 Å². The summed E-state index contributed by atoms with van der Waals surface area (Å²) in [6.07, 6.45) is 3.50. The molecule has 17 heavy (non-hydrogen) atoms. The fourth-order valence-corrected chi connectivity index (χ4v) is 1.000. The number of methoxy groups -OCH3 is 1. The van der Waals surface area contributed by atoms with Gasteiger partial charge < -0.3 is 10.5 Å². The molecule has 0 aliphatic carbocycles. The number of aldehydes is 1. The molecule has 1 aromatic heterocycles. The minimum absolute atomic E-state index is 0.308. The van der Waals surface area contributed by atoms with Gasteiger partial charge in [0, 0.05) is 32.3 Å². The lowest BCUT2D eigenvalue weighted by Crippen LogP contribution is -2.01. The SMILES string of the molecule is CC(C)c1ccnc(/C(C=O)=C\N)n1.COC. The number of allylic oxidation sites excluding steroid dienone is 1. The summed E-state index contributed by atoms with van der Waals surface area (Å²) in [4.78, 5) is 18.8. The highest BCUT2D eigenvalue weighted by molar-refractivity contribution is 6.04. The van der Waals surface area contributed by atoms with Crippen molar-refractivity contribution in [1.29, 1.82) is 0 Å². The monoisotopic (exact) mass is 237 g/mol. The predicted octanol–water partition coefficient (Wildman–Crippen LogP) is 1.36. The first-order valence-electron chi connectivity index (χ1n) is 5.21. The molecule has 0 unspecified atom stereocenters. The molecule has 5 nitrogen and oxygen atoms in total. The van der Waals surface area contributed by atoms with E-state index >= 15 is 0 Å². The highest BCUT2D eigenvalue weighted by atomic mass is 16.4. The van der Waals surface area contributed by atoms with E-state index in [0.29, 0.717) is 23.6 Å². The molecule has 0 fully saturated rings. The topological polar surface area (TPSA) is 78.1 Å². The highest BCUT2D eigenvalue weighted by Gasteiger charge is 2.06. The van der Waals surface area contributed by atoms with E-state index in [1.807, 2.05) is 19.9 Å². The maximum absolute atomic E-state index is 10.6. The molecule has 2 N–H and O–H groups in total. The van der Waals surface area contributed by atoms with Gasteiger partial charge in [0.1, 0.15) is 0 Å². The van der Waals surface area contributed by atoms with Gasteiger partial charge in [-0.2, -0.15) is 0 Å². The second-order valence-corrected chi connectivity index (χ2v) is 3.61. The Labute approximate surface area is 102 Å². The molecule has 5 heteroatoms. The molecule has 0 spiro atoms. The summed E-state index contributed by atoms with van der Waals surface area (Å²) in [6.45, 7) is 4.05. The van der Waals surface area contributed by atoms with Crippen LogP contribution in [-0.4, -0.2) is 30.5 Å². The number of nitrogens with two attached hydrogens (primary N) is 1. The Hall–Kier alpha value is -1.75. The Morgan fingerprint density at radius 1 is 1.47 bits per heavy atom. The fourth-order valence-electron chi connectivity index (χ4n) is 1.000. The smallest absolute Gasteiger partial charge is 0.164 e. The van der Waals surface area contributed by atoms with Crippen molar-refractivity contribution in [1.82, 2.24) is 9.97 Å². The molecule has 0 bridgehead atoms. The van der Waals surface area contributed by atoms with Gasteiger partial charge >= 0.3 is 0 Å². The maximum Gasteiger partial charge on any atom is 0.164 e. The van der Waals surface area contributed by atoms with Crippen LogP contribution in [0.3, 0.4) is 0 Å². The number of aromatic nitrogens is 2. The van der Waals surface area contributed by atoms with Crippen LogP contribution in [0.15, 0.2) is 18.5 Å². The number of hydrogen-bond donors (Lipinski definition) is 1. The van der Waals surface area contributed by atoms with Crippen LogP contribution in [0.2, 0.25) is 0 Å². The van der Waals surface area contributed by atoms with Crippen molar-refractivity contribution in [2.75, 3.05) is 14.2 Å². The molecule has 0 aliphatic rings. The average Bonchev–Trinajstić information content (AvgIpc) is 2.32. The van der Waals surface area contributed by atoms with Crippen LogP contribution in [0, 0.1) is 0 Å². The van der Waals surface area contributed by atoms with Gasteiger partial charge in [0.25, 0.3) is 0 Å². The van der Waals surface area contributed by atoms with Crippen LogP contribution in [-0.2, 0) is 9.53 Å². The summed E-state index contributed by atoms with van der Waals surface area (Å²) in [5, 5.41) is 0. The van der Waals surface area contributed by atoms with Crippen molar-refractivity contribution in [3.05, 3.63) is 30.0 Å². The quantitative estimate of drug-likeness (QED) is 0.634. The third-order valence-electron chi connectivity index (χ3n) is 1.83. The summed E-state index contributed by atoms with van der Waals surface area (Å²) in [7, 11) is 3.25. The molecule has 0 saturated carbocycles. The van der Waals surface area contributed by atoms with E-state index in [1.165, 1.54) is 6.20 Å². The van der Waals surface area contributed by atoms with E-state index in [2.05, 4.69) is 14.7 Å². The van der Waals surface area contributed by atoms with Crippen molar-refractivity contribution in [3.63, 3.8) is 0 Å². The van der Waals surface area contributed by atoms with E-state index < -0.39 is 0 Å². The summed E-state index contributed by atoms with van der Waals surface area (Å²) in [5.41, 5.74) is 6.48. The Morgan fingerprint density at radius 3 is 2.47 bits per heavy atom. The van der Waals surface area contributed by atoms with Gasteiger partial charge in [0.2, 0.25) is 0 Å². The Morgan fingerprint density at radius 2 is 2.06 bits per heavy atom. The number of rotatable bonds is 3. The molecule has 0 aromatic carbocycles. The highest BCUT2D eigenvalue weighted by Crippen LogP contribution is 2.12. The van der Waals surface area contributed by atoms with Gasteiger partial charge in [0.15, 0.2) is 12.1 Å². The second-order valence-electron chi connectivity index (χ2n) is 3.61. The second kappa shape index (κ2) is 8.41. The first kappa shape index (κ1) is 15.2. The number of nitrogens with zero attached hydrogens (tertiary/aromatic N) is 2. The van der Waals surface area contributed by atoms with Crippen molar-refractivity contribution >= 4 is 11.9 Å². The average molecular weight is 237 g/mol. The third-order valence-corrected chi connectivity index (χ3v) is 1.83. The van der Waals surface area contributed by atoms with Crippen LogP contribution in [0.25, 0.3) is 5.57 Å². The van der Waals surface area contributed by atoms with Crippen molar-refractivity contribution in [2.45, 2.75) is 19.8 Å². The van der Waals surface area contributed by atoms with E-state index in [9.17, 15) is 4.79 Å². The molecular weight excluding hydrogens is 218 g/mol. The van der Waals surface area contributed by atoms with Crippen LogP contribution >= 0.6 is 0 Å². The molecule has 1 aromatic rings. The van der Waals surface area contributed by atoms with Gasteiger partial charge in [-0.1, -0.05) is 13.8 Å². The van der Waals surface area contributed by atoms with Crippen LogP contribution in [0.4, 0.5) is 0 Å². The molecule has 94 valence electrons. The van der Waals surface area contributed by atoms with Crippen molar-refractivity contribution in [2.24, 2.45) is 5.73 Å². The third kappa shape index (κ3) is 5.21. The lowest BCUT2D eigenvalue weighted by atomic mass is 10.1. The van der Waals surface area contributed by atoms with Gasteiger partial charge in [-0.05, 0) is 12.0 Å².